The second-order valence-electron chi connectivity index (χ2n) is 4.42. The number of hydrogen-bond donors (Lipinski definition) is 1. The summed E-state index contributed by atoms with van der Waals surface area (Å²) in [5.74, 6) is 0.658. The molecule has 2 N–H and O–H groups in total. The fraction of sp³-hybridized carbons (Fsp3) is 0.200. The van der Waals surface area contributed by atoms with Crippen molar-refractivity contribution in [3.63, 3.8) is 0 Å². The summed E-state index contributed by atoms with van der Waals surface area (Å²) in [4.78, 5) is 0.0835. The summed E-state index contributed by atoms with van der Waals surface area (Å²) in [5, 5.41) is 5.19. The average molecular weight is 291 g/mol. The van der Waals surface area contributed by atoms with Crippen molar-refractivity contribution in [3.8, 4) is 16.9 Å². The summed E-state index contributed by atoms with van der Waals surface area (Å²) in [6.45, 7) is 2.59. The minimum atomic E-state index is -3.73. The number of hydrogen-bond acceptors (Lipinski definition) is 3. The van der Waals surface area contributed by atoms with Gasteiger partial charge in [-0.05, 0) is 30.2 Å². The molecule has 0 aliphatic rings. The maximum atomic E-state index is 11.5. The van der Waals surface area contributed by atoms with Crippen LogP contribution in [0.3, 0.4) is 0 Å². The van der Waals surface area contributed by atoms with Gasteiger partial charge in [-0.2, -0.15) is 0 Å². The second-order valence-corrected chi connectivity index (χ2v) is 5.98. The maximum absolute atomic E-state index is 11.5. The van der Waals surface area contributed by atoms with Gasteiger partial charge in [0.25, 0.3) is 0 Å². The molecule has 2 aromatic carbocycles. The quantitative estimate of drug-likeness (QED) is 0.921. The van der Waals surface area contributed by atoms with Gasteiger partial charge in [-0.1, -0.05) is 37.3 Å². The van der Waals surface area contributed by atoms with Crippen LogP contribution < -0.4 is 9.88 Å². The van der Waals surface area contributed by atoms with Gasteiger partial charge < -0.3 is 4.74 Å². The summed E-state index contributed by atoms with van der Waals surface area (Å²) in [6, 6.07) is 14.2. The number of rotatable bonds is 5. The molecule has 0 radical (unpaired) electrons. The molecule has 0 heterocycles. The molecule has 0 amide bonds. The lowest BCUT2D eigenvalue weighted by molar-refractivity contribution is 0.318. The van der Waals surface area contributed by atoms with Crippen LogP contribution in [0.5, 0.6) is 5.75 Å². The summed E-state index contributed by atoms with van der Waals surface area (Å²) < 4.78 is 28.6. The van der Waals surface area contributed by atoms with Crippen molar-refractivity contribution in [2.75, 3.05) is 6.61 Å². The molecule has 20 heavy (non-hydrogen) atoms. The SMILES string of the molecule is CCCOc1ccc(S(N)(=O)=O)cc1-c1ccccc1. The third-order valence-corrected chi connectivity index (χ3v) is 3.74. The Bertz CT molecular complexity index is 682. The molecule has 0 saturated heterocycles. The van der Waals surface area contributed by atoms with Gasteiger partial charge in [0.2, 0.25) is 10.0 Å². The molecule has 0 aliphatic heterocycles. The number of benzene rings is 2. The van der Waals surface area contributed by atoms with Crippen LogP contribution in [0.25, 0.3) is 11.1 Å². The van der Waals surface area contributed by atoms with Crippen molar-refractivity contribution in [2.45, 2.75) is 18.2 Å². The molecule has 0 spiro atoms. The molecule has 2 aromatic rings. The van der Waals surface area contributed by atoms with E-state index in [-0.39, 0.29) is 4.90 Å². The van der Waals surface area contributed by atoms with Crippen LogP contribution in [0, 0.1) is 0 Å². The van der Waals surface area contributed by atoms with Crippen LogP contribution in [-0.2, 0) is 10.0 Å². The Morgan fingerprint density at radius 2 is 1.80 bits per heavy atom. The zero-order chi connectivity index (χ0) is 14.6. The van der Waals surface area contributed by atoms with Gasteiger partial charge in [0.1, 0.15) is 5.75 Å². The van der Waals surface area contributed by atoms with E-state index in [1.165, 1.54) is 6.07 Å². The van der Waals surface area contributed by atoms with Crippen LogP contribution in [0.15, 0.2) is 53.4 Å². The Hall–Kier alpha value is -1.85. The van der Waals surface area contributed by atoms with E-state index in [2.05, 4.69) is 0 Å². The van der Waals surface area contributed by atoms with Gasteiger partial charge in [0, 0.05) is 5.56 Å². The van der Waals surface area contributed by atoms with Crippen molar-refractivity contribution in [1.29, 1.82) is 0 Å². The van der Waals surface area contributed by atoms with Crippen molar-refractivity contribution in [3.05, 3.63) is 48.5 Å². The Kier molecular flexibility index (Phi) is 4.42. The Labute approximate surface area is 119 Å². The Morgan fingerprint density at radius 3 is 2.40 bits per heavy atom. The Morgan fingerprint density at radius 1 is 1.10 bits per heavy atom. The largest absolute Gasteiger partial charge is 0.493 e. The zero-order valence-corrected chi connectivity index (χ0v) is 12.1. The highest BCUT2D eigenvalue weighted by Gasteiger charge is 2.13. The lowest BCUT2D eigenvalue weighted by Crippen LogP contribution is -2.12. The van der Waals surface area contributed by atoms with Gasteiger partial charge in [-0.25, -0.2) is 13.6 Å². The standard InChI is InChI=1S/C15H17NO3S/c1-2-10-19-15-9-8-13(20(16,17)18)11-14(15)12-6-4-3-5-7-12/h3-9,11H,2,10H2,1H3,(H2,16,17,18). The van der Waals surface area contributed by atoms with E-state index >= 15 is 0 Å². The minimum Gasteiger partial charge on any atom is -0.493 e. The van der Waals surface area contributed by atoms with Crippen LogP contribution in [0.1, 0.15) is 13.3 Å². The molecule has 4 nitrogen and oxygen atoms in total. The summed E-state index contributed by atoms with van der Waals surface area (Å²) in [6.07, 6.45) is 0.880. The predicted octanol–water partition coefficient (Wildman–Crippen LogP) is 2.79. The highest BCUT2D eigenvalue weighted by atomic mass is 32.2. The normalized spacial score (nSPS) is 11.3. The first kappa shape index (κ1) is 14.6. The number of sulfonamides is 1. The summed E-state index contributed by atoms with van der Waals surface area (Å²) in [7, 11) is -3.73. The summed E-state index contributed by atoms with van der Waals surface area (Å²) >= 11 is 0. The van der Waals surface area contributed by atoms with Crippen LogP contribution in [-0.4, -0.2) is 15.0 Å². The highest BCUT2D eigenvalue weighted by Crippen LogP contribution is 2.32. The van der Waals surface area contributed by atoms with Gasteiger partial charge in [-0.15, -0.1) is 0 Å². The van der Waals surface area contributed by atoms with Crippen molar-refractivity contribution in [1.82, 2.24) is 0 Å². The van der Waals surface area contributed by atoms with Gasteiger partial charge in [0.05, 0.1) is 11.5 Å². The van der Waals surface area contributed by atoms with E-state index in [1.807, 2.05) is 37.3 Å². The molecule has 0 atom stereocenters. The van der Waals surface area contributed by atoms with E-state index in [0.29, 0.717) is 12.4 Å². The fourth-order valence-electron chi connectivity index (χ4n) is 1.87. The molecule has 0 bridgehead atoms. The number of primary sulfonamides is 1. The third-order valence-electron chi connectivity index (χ3n) is 2.83. The lowest BCUT2D eigenvalue weighted by Gasteiger charge is -2.12. The van der Waals surface area contributed by atoms with Crippen LogP contribution >= 0.6 is 0 Å². The molecule has 2 rings (SSSR count). The van der Waals surface area contributed by atoms with Gasteiger partial charge in [0.15, 0.2) is 0 Å². The van der Waals surface area contributed by atoms with Gasteiger partial charge in [-0.3, -0.25) is 0 Å². The first-order chi connectivity index (χ1) is 9.52. The van der Waals surface area contributed by atoms with Crippen molar-refractivity contribution >= 4 is 10.0 Å². The monoisotopic (exact) mass is 291 g/mol. The molecule has 0 saturated carbocycles. The maximum Gasteiger partial charge on any atom is 0.238 e. The van der Waals surface area contributed by atoms with E-state index in [0.717, 1.165) is 17.5 Å². The molecular weight excluding hydrogens is 274 g/mol. The molecule has 0 fully saturated rings. The smallest absolute Gasteiger partial charge is 0.238 e. The topological polar surface area (TPSA) is 69.4 Å². The predicted molar refractivity (Wildman–Crippen MR) is 79.0 cm³/mol. The molecule has 106 valence electrons. The average Bonchev–Trinajstić information content (AvgIpc) is 2.45. The van der Waals surface area contributed by atoms with Crippen molar-refractivity contribution < 1.29 is 13.2 Å². The third kappa shape index (κ3) is 3.37. The second kappa shape index (κ2) is 6.07. The minimum absolute atomic E-state index is 0.0835. The summed E-state index contributed by atoms with van der Waals surface area (Å²) in [5.41, 5.74) is 1.62. The van der Waals surface area contributed by atoms with Crippen molar-refractivity contribution in [2.24, 2.45) is 5.14 Å². The van der Waals surface area contributed by atoms with E-state index in [4.69, 9.17) is 9.88 Å². The van der Waals surface area contributed by atoms with E-state index < -0.39 is 10.0 Å². The fourth-order valence-corrected chi connectivity index (χ4v) is 2.41. The molecule has 0 unspecified atom stereocenters. The molecular formula is C15H17NO3S. The Balaban J connectivity index is 2.54. The zero-order valence-electron chi connectivity index (χ0n) is 11.2. The van der Waals surface area contributed by atoms with E-state index in [1.54, 1.807) is 12.1 Å². The molecule has 0 aromatic heterocycles. The molecule has 0 aliphatic carbocycles. The first-order valence-electron chi connectivity index (χ1n) is 6.37. The number of nitrogens with two attached hydrogens (primary N) is 1. The first-order valence-corrected chi connectivity index (χ1v) is 7.92. The van der Waals surface area contributed by atoms with Crippen LogP contribution in [0.4, 0.5) is 0 Å². The highest BCUT2D eigenvalue weighted by molar-refractivity contribution is 7.89. The molecule has 5 heteroatoms. The number of ether oxygens (including phenoxy) is 1. The van der Waals surface area contributed by atoms with E-state index in [9.17, 15) is 8.42 Å². The lowest BCUT2D eigenvalue weighted by atomic mass is 10.0. The van der Waals surface area contributed by atoms with Crippen LogP contribution in [0.2, 0.25) is 0 Å². The van der Waals surface area contributed by atoms with Gasteiger partial charge >= 0.3 is 0 Å².